The van der Waals surface area contributed by atoms with Crippen LogP contribution in [0.15, 0.2) is 30.3 Å². The number of phenolic OH excluding ortho intramolecular Hbond substituents is 1. The second kappa shape index (κ2) is 4.85. The average molecular weight is 280 g/mol. The maximum Gasteiger partial charge on any atom is 0.198 e. The van der Waals surface area contributed by atoms with Crippen molar-refractivity contribution in [3.05, 3.63) is 63.7 Å². The number of ketones is 2. The zero-order chi connectivity index (χ0) is 15.1. The first-order valence-corrected chi connectivity index (χ1v) is 7.16. The molecular weight excluding hydrogens is 264 g/mol. The monoisotopic (exact) mass is 280 g/mol. The first-order valence-electron chi connectivity index (χ1n) is 7.16. The van der Waals surface area contributed by atoms with E-state index in [1.165, 1.54) is 0 Å². The Balaban J connectivity index is 2.40. The fourth-order valence-corrected chi connectivity index (χ4v) is 3.11. The number of rotatable bonds is 2. The van der Waals surface area contributed by atoms with Gasteiger partial charge in [-0.3, -0.25) is 9.59 Å². The van der Waals surface area contributed by atoms with E-state index in [9.17, 15) is 14.7 Å². The molecule has 0 amide bonds. The van der Waals surface area contributed by atoms with Gasteiger partial charge >= 0.3 is 0 Å². The van der Waals surface area contributed by atoms with E-state index in [0.29, 0.717) is 29.5 Å². The molecule has 0 aromatic heterocycles. The van der Waals surface area contributed by atoms with Gasteiger partial charge in [-0.2, -0.15) is 0 Å². The Hall–Kier alpha value is -2.42. The first kappa shape index (κ1) is 13.6. The Morgan fingerprint density at radius 1 is 0.905 bits per heavy atom. The standard InChI is InChI=1S/C18H16O3/c1-3-10-9-14(19)16-15(11(10)4-2)17(20)12-7-5-6-8-13(12)18(16)21/h5-9,19H,3-4H2,1-2H3. The smallest absolute Gasteiger partial charge is 0.198 e. The lowest BCUT2D eigenvalue weighted by atomic mass is 9.79. The quantitative estimate of drug-likeness (QED) is 0.783. The normalized spacial score (nSPS) is 13.0. The highest BCUT2D eigenvalue weighted by molar-refractivity contribution is 6.29. The van der Waals surface area contributed by atoms with Crippen LogP contribution in [0.2, 0.25) is 0 Å². The van der Waals surface area contributed by atoms with Crippen molar-refractivity contribution < 1.29 is 14.7 Å². The zero-order valence-electron chi connectivity index (χ0n) is 12.1. The molecule has 1 aliphatic carbocycles. The van der Waals surface area contributed by atoms with E-state index < -0.39 is 0 Å². The van der Waals surface area contributed by atoms with E-state index in [1.54, 1.807) is 30.3 Å². The second-order valence-corrected chi connectivity index (χ2v) is 5.19. The lowest BCUT2D eigenvalue weighted by Gasteiger charge is -2.22. The minimum atomic E-state index is -0.268. The van der Waals surface area contributed by atoms with Crippen LogP contribution in [0.4, 0.5) is 0 Å². The summed E-state index contributed by atoms with van der Waals surface area (Å²) in [6, 6.07) is 8.42. The number of carbonyl (C=O) groups is 2. The number of hydrogen-bond donors (Lipinski definition) is 1. The summed E-state index contributed by atoms with van der Waals surface area (Å²) in [5.74, 6) is -0.524. The van der Waals surface area contributed by atoms with E-state index in [1.807, 2.05) is 13.8 Å². The Bertz CT molecular complexity index is 772. The summed E-state index contributed by atoms with van der Waals surface area (Å²) in [5.41, 5.74) is 3.15. The summed E-state index contributed by atoms with van der Waals surface area (Å²) in [6.45, 7) is 3.94. The van der Waals surface area contributed by atoms with Crippen LogP contribution in [0.5, 0.6) is 5.75 Å². The molecule has 1 N–H and O–H groups in total. The second-order valence-electron chi connectivity index (χ2n) is 5.19. The molecule has 0 atom stereocenters. The number of phenols is 1. The highest BCUT2D eigenvalue weighted by Crippen LogP contribution is 2.37. The molecule has 0 radical (unpaired) electrons. The molecule has 0 aliphatic heterocycles. The lowest BCUT2D eigenvalue weighted by molar-refractivity contribution is 0.0976. The number of aromatic hydroxyl groups is 1. The van der Waals surface area contributed by atoms with Crippen LogP contribution in [-0.2, 0) is 12.8 Å². The zero-order valence-corrected chi connectivity index (χ0v) is 12.1. The molecule has 0 heterocycles. The summed E-state index contributed by atoms with van der Waals surface area (Å²) < 4.78 is 0. The largest absolute Gasteiger partial charge is 0.507 e. The van der Waals surface area contributed by atoms with Gasteiger partial charge in [-0.05, 0) is 30.0 Å². The van der Waals surface area contributed by atoms with E-state index in [4.69, 9.17) is 0 Å². The fraction of sp³-hybridized carbons (Fsp3) is 0.222. The fourth-order valence-electron chi connectivity index (χ4n) is 3.11. The predicted molar refractivity (Wildman–Crippen MR) is 80.2 cm³/mol. The maximum absolute atomic E-state index is 12.8. The topological polar surface area (TPSA) is 54.4 Å². The minimum Gasteiger partial charge on any atom is -0.507 e. The Labute approximate surface area is 123 Å². The molecule has 1 aliphatic rings. The number of fused-ring (bicyclic) bond motifs is 2. The van der Waals surface area contributed by atoms with Crippen molar-refractivity contribution in [3.63, 3.8) is 0 Å². The van der Waals surface area contributed by atoms with Crippen molar-refractivity contribution in [2.45, 2.75) is 26.7 Å². The van der Waals surface area contributed by atoms with Crippen LogP contribution in [0.3, 0.4) is 0 Å². The average Bonchev–Trinajstić information content (AvgIpc) is 2.51. The molecule has 0 fully saturated rings. The highest BCUT2D eigenvalue weighted by Gasteiger charge is 2.34. The molecule has 3 nitrogen and oxygen atoms in total. The molecule has 0 unspecified atom stereocenters. The SMILES string of the molecule is CCc1cc(O)c2c(c1CC)C(=O)c1ccccc1C2=O. The van der Waals surface area contributed by atoms with E-state index in [2.05, 4.69) is 0 Å². The van der Waals surface area contributed by atoms with Crippen LogP contribution in [0.25, 0.3) is 0 Å². The third kappa shape index (κ3) is 1.81. The summed E-state index contributed by atoms with van der Waals surface area (Å²) in [5, 5.41) is 10.2. The molecule has 0 spiro atoms. The van der Waals surface area contributed by atoms with Crippen LogP contribution >= 0.6 is 0 Å². The summed E-state index contributed by atoms with van der Waals surface area (Å²) in [7, 11) is 0. The Kier molecular flexibility index (Phi) is 3.13. The molecule has 0 saturated heterocycles. The molecule has 21 heavy (non-hydrogen) atoms. The van der Waals surface area contributed by atoms with Crippen molar-refractivity contribution in [2.24, 2.45) is 0 Å². The van der Waals surface area contributed by atoms with Crippen molar-refractivity contribution in [1.29, 1.82) is 0 Å². The summed E-state index contributed by atoms with van der Waals surface area (Å²) in [6.07, 6.45) is 1.38. The number of carbonyl (C=O) groups excluding carboxylic acids is 2. The predicted octanol–water partition coefficient (Wildman–Crippen LogP) is 3.29. The lowest BCUT2D eigenvalue weighted by Crippen LogP contribution is -2.23. The van der Waals surface area contributed by atoms with Crippen LogP contribution in [0, 0.1) is 0 Å². The molecule has 2 aromatic carbocycles. The van der Waals surface area contributed by atoms with Crippen LogP contribution in [0.1, 0.15) is 56.8 Å². The summed E-state index contributed by atoms with van der Waals surface area (Å²) >= 11 is 0. The van der Waals surface area contributed by atoms with Crippen LogP contribution < -0.4 is 0 Å². The van der Waals surface area contributed by atoms with Gasteiger partial charge in [-0.15, -0.1) is 0 Å². The molecule has 2 aromatic rings. The van der Waals surface area contributed by atoms with Crippen molar-refractivity contribution in [2.75, 3.05) is 0 Å². The highest BCUT2D eigenvalue weighted by atomic mass is 16.3. The Morgan fingerprint density at radius 3 is 2.00 bits per heavy atom. The minimum absolute atomic E-state index is 0.0908. The maximum atomic E-state index is 12.8. The van der Waals surface area contributed by atoms with Crippen molar-refractivity contribution in [3.8, 4) is 5.75 Å². The molecule has 3 rings (SSSR count). The van der Waals surface area contributed by atoms with Gasteiger partial charge in [0.25, 0.3) is 0 Å². The Morgan fingerprint density at radius 2 is 1.48 bits per heavy atom. The molecular formula is C18H16O3. The van der Waals surface area contributed by atoms with Gasteiger partial charge < -0.3 is 5.11 Å². The van der Waals surface area contributed by atoms with Gasteiger partial charge in [0.05, 0.1) is 5.56 Å². The van der Waals surface area contributed by atoms with Crippen molar-refractivity contribution >= 4 is 11.6 Å². The molecule has 3 heteroatoms. The number of hydrogen-bond acceptors (Lipinski definition) is 3. The number of aryl methyl sites for hydroxylation is 1. The van der Waals surface area contributed by atoms with E-state index in [-0.39, 0.29) is 22.9 Å². The van der Waals surface area contributed by atoms with Gasteiger partial charge in [0.1, 0.15) is 5.75 Å². The molecule has 0 bridgehead atoms. The van der Waals surface area contributed by atoms with Gasteiger partial charge in [0.15, 0.2) is 11.6 Å². The van der Waals surface area contributed by atoms with Gasteiger partial charge in [0, 0.05) is 16.7 Å². The molecule has 0 saturated carbocycles. The first-order chi connectivity index (χ1) is 10.1. The van der Waals surface area contributed by atoms with Gasteiger partial charge in [-0.1, -0.05) is 38.1 Å². The summed E-state index contributed by atoms with van der Waals surface area (Å²) in [4.78, 5) is 25.4. The third-order valence-corrected chi connectivity index (χ3v) is 4.11. The van der Waals surface area contributed by atoms with Gasteiger partial charge in [-0.25, -0.2) is 0 Å². The third-order valence-electron chi connectivity index (χ3n) is 4.11. The van der Waals surface area contributed by atoms with Gasteiger partial charge in [0.2, 0.25) is 0 Å². The molecule has 106 valence electrons. The van der Waals surface area contributed by atoms with Crippen molar-refractivity contribution in [1.82, 2.24) is 0 Å². The number of benzene rings is 2. The van der Waals surface area contributed by atoms with E-state index in [0.717, 1.165) is 11.1 Å². The van der Waals surface area contributed by atoms with Crippen LogP contribution in [-0.4, -0.2) is 16.7 Å². The van der Waals surface area contributed by atoms with E-state index >= 15 is 0 Å².